The number of halogens is 1. The van der Waals surface area contributed by atoms with E-state index in [9.17, 15) is 4.79 Å². The minimum atomic E-state index is -0.450. The lowest BCUT2D eigenvalue weighted by Crippen LogP contribution is -2.35. The van der Waals surface area contributed by atoms with E-state index in [0.29, 0.717) is 15.2 Å². The van der Waals surface area contributed by atoms with E-state index in [0.717, 1.165) is 28.2 Å². The molecule has 0 radical (unpaired) electrons. The number of fused-ring (bicyclic) bond motifs is 1. The lowest BCUT2D eigenvalue weighted by atomic mass is 10.1. The Morgan fingerprint density at radius 3 is 2.53 bits per heavy atom. The van der Waals surface area contributed by atoms with Gasteiger partial charge in [0.25, 0.3) is 5.91 Å². The molecular formula is C24H18ClN5OS. The van der Waals surface area contributed by atoms with E-state index < -0.39 is 5.91 Å². The summed E-state index contributed by atoms with van der Waals surface area (Å²) < 4.78 is 2.12. The van der Waals surface area contributed by atoms with E-state index in [1.54, 1.807) is 12.1 Å². The highest BCUT2D eigenvalue weighted by Crippen LogP contribution is 2.33. The number of hydrogen-bond acceptors (Lipinski definition) is 4. The summed E-state index contributed by atoms with van der Waals surface area (Å²) in [6.07, 6.45) is 1.72. The number of aromatic nitrogens is 1. The van der Waals surface area contributed by atoms with Crippen LogP contribution in [-0.2, 0) is 4.79 Å². The molecule has 0 fully saturated rings. The predicted molar refractivity (Wildman–Crippen MR) is 131 cm³/mol. The monoisotopic (exact) mass is 459 g/mol. The summed E-state index contributed by atoms with van der Waals surface area (Å²) in [4.78, 5) is 17.0. The zero-order chi connectivity index (χ0) is 22.4. The Balaban J connectivity index is 1.53. The largest absolute Gasteiger partial charge is 0.318 e. The van der Waals surface area contributed by atoms with Crippen LogP contribution >= 0.6 is 23.4 Å². The summed E-state index contributed by atoms with van der Waals surface area (Å²) in [7, 11) is 0. The van der Waals surface area contributed by atoms with Gasteiger partial charge in [0.2, 0.25) is 5.17 Å². The van der Waals surface area contributed by atoms with Crippen molar-refractivity contribution >= 4 is 51.4 Å². The van der Waals surface area contributed by atoms with Gasteiger partial charge in [-0.25, -0.2) is 0 Å². The minimum Gasteiger partial charge on any atom is -0.318 e. The zero-order valence-electron chi connectivity index (χ0n) is 17.3. The number of thioether (sulfide) groups is 1. The number of hydrogen-bond donors (Lipinski definition) is 1. The van der Waals surface area contributed by atoms with Gasteiger partial charge in [-0.2, -0.15) is 15.1 Å². The van der Waals surface area contributed by atoms with Crippen LogP contribution in [0.25, 0.3) is 11.8 Å². The molecule has 2 aromatic carbocycles. The van der Waals surface area contributed by atoms with Crippen LogP contribution in [0.15, 0.2) is 76.3 Å². The Morgan fingerprint density at radius 1 is 1.06 bits per heavy atom. The average molecular weight is 460 g/mol. The molecule has 8 heteroatoms. The van der Waals surface area contributed by atoms with Gasteiger partial charge in [0.05, 0.1) is 10.6 Å². The van der Waals surface area contributed by atoms with E-state index in [4.69, 9.17) is 17.0 Å². The van der Waals surface area contributed by atoms with Crippen LogP contribution in [0, 0.1) is 19.3 Å². The highest BCUT2D eigenvalue weighted by molar-refractivity contribution is 8.27. The predicted octanol–water partition coefficient (Wildman–Crippen LogP) is 5.42. The van der Waals surface area contributed by atoms with E-state index in [1.807, 2.05) is 68.4 Å². The first kappa shape index (κ1) is 20.5. The number of rotatable bonds is 3. The normalized spacial score (nSPS) is 17.0. The van der Waals surface area contributed by atoms with Crippen LogP contribution in [0.3, 0.4) is 0 Å². The third-order valence-corrected chi connectivity index (χ3v) is 6.61. The maximum absolute atomic E-state index is 12.8. The highest BCUT2D eigenvalue weighted by atomic mass is 35.5. The molecule has 0 saturated carbocycles. The molecule has 5 rings (SSSR count). The third-order valence-electron chi connectivity index (χ3n) is 5.34. The third kappa shape index (κ3) is 3.39. The number of aliphatic imine (C=N–C) groups is 1. The number of benzene rings is 2. The van der Waals surface area contributed by atoms with Gasteiger partial charge >= 0.3 is 0 Å². The van der Waals surface area contributed by atoms with Crippen molar-refractivity contribution in [3.8, 4) is 5.69 Å². The second kappa shape index (κ2) is 7.93. The van der Waals surface area contributed by atoms with Crippen LogP contribution < -0.4 is 0 Å². The van der Waals surface area contributed by atoms with Gasteiger partial charge < -0.3 is 4.57 Å². The average Bonchev–Trinajstić information content (AvgIpc) is 3.32. The smallest absolute Gasteiger partial charge is 0.283 e. The Morgan fingerprint density at radius 2 is 1.78 bits per heavy atom. The number of carbonyl (C=O) groups is 1. The summed E-state index contributed by atoms with van der Waals surface area (Å²) in [5.41, 5.74) is 4.87. The summed E-state index contributed by atoms with van der Waals surface area (Å²) in [5.74, 6) is -0.451. The molecule has 0 aliphatic carbocycles. The molecule has 158 valence electrons. The molecule has 0 saturated heterocycles. The molecule has 1 aromatic heterocycles. The summed E-state index contributed by atoms with van der Waals surface area (Å²) in [6, 6.07) is 19.4. The van der Waals surface area contributed by atoms with Gasteiger partial charge in [0, 0.05) is 22.6 Å². The Kier molecular flexibility index (Phi) is 5.07. The second-order valence-electron chi connectivity index (χ2n) is 7.40. The molecule has 6 nitrogen and oxygen atoms in total. The first-order valence-corrected chi connectivity index (χ1v) is 11.1. The number of aryl methyl sites for hydroxylation is 1. The topological polar surface area (TPSA) is 73.8 Å². The number of amides is 1. The summed E-state index contributed by atoms with van der Waals surface area (Å²) in [5, 5.41) is 16.1. The zero-order valence-corrected chi connectivity index (χ0v) is 18.9. The van der Waals surface area contributed by atoms with Crippen molar-refractivity contribution in [3.63, 3.8) is 0 Å². The molecular weight excluding hydrogens is 442 g/mol. The first-order chi connectivity index (χ1) is 15.4. The fourth-order valence-corrected chi connectivity index (χ4v) is 5.01. The number of nitrogens with one attached hydrogen (secondary N) is 1. The van der Waals surface area contributed by atoms with Crippen molar-refractivity contribution in [3.05, 3.63) is 93.8 Å². The first-order valence-electron chi connectivity index (χ1n) is 9.93. The molecule has 0 unspecified atom stereocenters. The summed E-state index contributed by atoms with van der Waals surface area (Å²) in [6.45, 7) is 4.01. The number of hydrazone groups is 1. The molecule has 3 heterocycles. The number of para-hydroxylation sites is 1. The maximum Gasteiger partial charge on any atom is 0.283 e. The number of carbonyl (C=O) groups excluding carboxylic acids is 1. The molecule has 0 atom stereocenters. The van der Waals surface area contributed by atoms with Crippen molar-refractivity contribution in [2.75, 3.05) is 0 Å². The van der Waals surface area contributed by atoms with Crippen molar-refractivity contribution in [2.45, 2.75) is 13.8 Å². The SMILES string of the molecule is Cc1cc(C=C2C(=N)N3N=C(c4ccccc4Cl)SC3=NC2=O)c(C)n1-c1ccccc1. The molecule has 0 bridgehead atoms. The van der Waals surface area contributed by atoms with Gasteiger partial charge in [-0.1, -0.05) is 48.0 Å². The minimum absolute atomic E-state index is 0.000863. The molecule has 0 spiro atoms. The van der Waals surface area contributed by atoms with Crippen molar-refractivity contribution in [1.29, 1.82) is 5.41 Å². The van der Waals surface area contributed by atoms with Crippen molar-refractivity contribution in [1.82, 2.24) is 9.58 Å². The lowest BCUT2D eigenvalue weighted by molar-refractivity contribution is -0.114. The van der Waals surface area contributed by atoms with Crippen LogP contribution in [0.5, 0.6) is 0 Å². The number of nitrogens with zero attached hydrogens (tertiary/aromatic N) is 4. The van der Waals surface area contributed by atoms with Crippen LogP contribution in [0.1, 0.15) is 22.5 Å². The Labute approximate surface area is 194 Å². The van der Waals surface area contributed by atoms with Gasteiger partial charge in [0.1, 0.15) is 5.04 Å². The molecule has 3 aromatic rings. The van der Waals surface area contributed by atoms with Gasteiger partial charge in [0.15, 0.2) is 5.84 Å². The Hall–Kier alpha value is -3.42. The van der Waals surface area contributed by atoms with Gasteiger partial charge in [-0.3, -0.25) is 10.2 Å². The molecule has 32 heavy (non-hydrogen) atoms. The number of amidine groups is 2. The second-order valence-corrected chi connectivity index (χ2v) is 8.77. The molecule has 2 aliphatic rings. The fourth-order valence-electron chi connectivity index (χ4n) is 3.80. The van der Waals surface area contributed by atoms with Gasteiger partial charge in [-0.05, 0) is 61.5 Å². The molecule has 1 N–H and O–H groups in total. The van der Waals surface area contributed by atoms with Crippen LogP contribution in [0.4, 0.5) is 0 Å². The molecule has 2 aliphatic heterocycles. The quantitative estimate of drug-likeness (QED) is 0.532. The Bertz CT molecular complexity index is 1370. The van der Waals surface area contributed by atoms with E-state index in [-0.39, 0.29) is 11.4 Å². The van der Waals surface area contributed by atoms with E-state index >= 15 is 0 Å². The van der Waals surface area contributed by atoms with Crippen LogP contribution in [0.2, 0.25) is 5.02 Å². The van der Waals surface area contributed by atoms with E-state index in [2.05, 4.69) is 14.7 Å². The standard InChI is InChI=1S/C24H18ClN5OS/c1-14-12-16(15(2)29(14)17-8-4-3-5-9-17)13-19-21(26)30-24(27-22(19)31)32-23(28-30)18-10-6-7-11-20(18)25/h3-13,26H,1-2H3. The van der Waals surface area contributed by atoms with Gasteiger partial charge in [-0.15, -0.1) is 0 Å². The molecule has 1 amide bonds. The lowest BCUT2D eigenvalue weighted by Gasteiger charge is -2.20. The van der Waals surface area contributed by atoms with Crippen molar-refractivity contribution in [2.24, 2.45) is 10.1 Å². The van der Waals surface area contributed by atoms with Crippen molar-refractivity contribution < 1.29 is 4.79 Å². The maximum atomic E-state index is 12.8. The fraction of sp³-hybridized carbons (Fsp3) is 0.0833. The highest BCUT2D eigenvalue weighted by Gasteiger charge is 2.36. The summed E-state index contributed by atoms with van der Waals surface area (Å²) >= 11 is 7.53. The van der Waals surface area contributed by atoms with Crippen LogP contribution in [-0.4, -0.2) is 31.5 Å². The van der Waals surface area contributed by atoms with E-state index in [1.165, 1.54) is 16.8 Å².